The number of nitrogens with zero attached hydrogens (tertiary/aromatic N) is 2. The number of hydrogen-bond acceptors (Lipinski definition) is 3. The average Bonchev–Trinajstić information content (AvgIpc) is 2.93. The Hall–Kier alpha value is -1.36. The van der Waals surface area contributed by atoms with Gasteiger partial charge in [0, 0.05) is 12.6 Å². The minimum Gasteiger partial charge on any atom is -0.323 e. The van der Waals surface area contributed by atoms with Gasteiger partial charge >= 0.3 is 0 Å². The van der Waals surface area contributed by atoms with E-state index in [0.29, 0.717) is 12.5 Å². The molecular weight excluding hydrogens is 252 g/mol. The second-order valence-electron chi connectivity index (χ2n) is 5.55. The van der Waals surface area contributed by atoms with Gasteiger partial charge in [0.25, 0.3) is 0 Å². The molecule has 5 nitrogen and oxygen atoms in total. The number of aromatic nitrogens is 2. The fraction of sp³-hybridized carbons (Fsp3) is 0.733. The minimum absolute atomic E-state index is 0.103. The SMILES string of the molecule is CCCCCCC(=O)Nc1cnn(C2CCNCC2)c1. The Kier molecular flexibility index (Phi) is 6.05. The van der Waals surface area contributed by atoms with E-state index < -0.39 is 0 Å². The number of carbonyl (C=O) groups is 1. The molecule has 0 bridgehead atoms. The quantitative estimate of drug-likeness (QED) is 0.754. The fourth-order valence-electron chi connectivity index (χ4n) is 2.61. The van der Waals surface area contributed by atoms with Crippen LogP contribution in [0.3, 0.4) is 0 Å². The van der Waals surface area contributed by atoms with Gasteiger partial charge in [-0.25, -0.2) is 0 Å². The van der Waals surface area contributed by atoms with Crippen molar-refractivity contribution in [2.45, 2.75) is 57.9 Å². The molecule has 0 aromatic carbocycles. The third-order valence-electron chi connectivity index (χ3n) is 3.83. The molecule has 1 saturated heterocycles. The van der Waals surface area contributed by atoms with E-state index in [2.05, 4.69) is 22.7 Å². The lowest BCUT2D eigenvalue weighted by Gasteiger charge is -2.22. The zero-order chi connectivity index (χ0) is 14.2. The molecule has 1 fully saturated rings. The van der Waals surface area contributed by atoms with Gasteiger partial charge < -0.3 is 10.6 Å². The summed E-state index contributed by atoms with van der Waals surface area (Å²) in [6.07, 6.45) is 11.1. The maximum atomic E-state index is 11.8. The Morgan fingerprint density at radius 1 is 1.40 bits per heavy atom. The Balaban J connectivity index is 1.75. The smallest absolute Gasteiger partial charge is 0.224 e. The van der Waals surface area contributed by atoms with Gasteiger partial charge in [0.1, 0.15) is 0 Å². The average molecular weight is 278 g/mol. The van der Waals surface area contributed by atoms with Crippen LogP contribution in [-0.4, -0.2) is 28.8 Å². The Bertz CT molecular complexity index is 410. The van der Waals surface area contributed by atoms with Crippen LogP contribution in [0, 0.1) is 0 Å². The third kappa shape index (κ3) is 4.63. The van der Waals surface area contributed by atoms with E-state index >= 15 is 0 Å². The van der Waals surface area contributed by atoms with E-state index in [9.17, 15) is 4.79 Å². The van der Waals surface area contributed by atoms with Gasteiger partial charge in [0.05, 0.1) is 17.9 Å². The molecular formula is C15H26N4O. The number of hydrogen-bond donors (Lipinski definition) is 2. The first-order valence-electron chi connectivity index (χ1n) is 7.84. The molecule has 0 unspecified atom stereocenters. The number of unbranched alkanes of at least 4 members (excludes halogenated alkanes) is 3. The van der Waals surface area contributed by atoms with Crippen LogP contribution >= 0.6 is 0 Å². The van der Waals surface area contributed by atoms with Gasteiger partial charge in [0.2, 0.25) is 5.91 Å². The van der Waals surface area contributed by atoms with Crippen LogP contribution in [0.5, 0.6) is 0 Å². The molecule has 112 valence electrons. The number of piperidine rings is 1. The van der Waals surface area contributed by atoms with Crippen molar-refractivity contribution in [3.05, 3.63) is 12.4 Å². The standard InChI is InChI=1S/C15H26N4O/c1-2-3-4-5-6-15(20)18-13-11-17-19(12-13)14-7-9-16-10-8-14/h11-12,14,16H,2-10H2,1H3,(H,18,20). The summed E-state index contributed by atoms with van der Waals surface area (Å²) < 4.78 is 1.99. The van der Waals surface area contributed by atoms with E-state index in [1.807, 2.05) is 10.9 Å². The van der Waals surface area contributed by atoms with Gasteiger partial charge in [0.15, 0.2) is 0 Å². The molecule has 1 aliphatic rings. The maximum absolute atomic E-state index is 11.8. The van der Waals surface area contributed by atoms with Crippen molar-refractivity contribution in [1.29, 1.82) is 0 Å². The second-order valence-corrected chi connectivity index (χ2v) is 5.55. The van der Waals surface area contributed by atoms with Gasteiger partial charge in [-0.1, -0.05) is 26.2 Å². The molecule has 2 N–H and O–H groups in total. The number of amides is 1. The van der Waals surface area contributed by atoms with Gasteiger partial charge in [-0.3, -0.25) is 9.48 Å². The van der Waals surface area contributed by atoms with Crippen LogP contribution in [0.25, 0.3) is 0 Å². The highest BCUT2D eigenvalue weighted by atomic mass is 16.1. The van der Waals surface area contributed by atoms with Crippen LogP contribution in [0.4, 0.5) is 5.69 Å². The molecule has 2 rings (SSSR count). The summed E-state index contributed by atoms with van der Waals surface area (Å²) in [4.78, 5) is 11.8. The van der Waals surface area contributed by atoms with Gasteiger partial charge in [-0.05, 0) is 32.4 Å². The lowest BCUT2D eigenvalue weighted by atomic mass is 10.1. The van der Waals surface area contributed by atoms with E-state index in [0.717, 1.165) is 44.5 Å². The Labute approximate surface area is 121 Å². The van der Waals surface area contributed by atoms with Gasteiger partial charge in [-0.15, -0.1) is 0 Å². The molecule has 5 heteroatoms. The first-order chi connectivity index (χ1) is 9.79. The topological polar surface area (TPSA) is 59.0 Å². The number of carbonyl (C=O) groups excluding carboxylic acids is 1. The first-order valence-corrected chi connectivity index (χ1v) is 7.84. The molecule has 0 aliphatic carbocycles. The molecule has 1 aromatic heterocycles. The highest BCUT2D eigenvalue weighted by molar-refractivity contribution is 5.90. The lowest BCUT2D eigenvalue weighted by Crippen LogP contribution is -2.29. The van der Waals surface area contributed by atoms with Crippen molar-refractivity contribution in [3.8, 4) is 0 Å². The Morgan fingerprint density at radius 3 is 2.95 bits per heavy atom. The summed E-state index contributed by atoms with van der Waals surface area (Å²) in [5.74, 6) is 0.103. The normalized spacial score (nSPS) is 16.2. The van der Waals surface area contributed by atoms with Crippen LogP contribution in [0.1, 0.15) is 57.9 Å². The molecule has 1 aromatic rings. The molecule has 0 spiro atoms. The zero-order valence-electron chi connectivity index (χ0n) is 12.4. The summed E-state index contributed by atoms with van der Waals surface area (Å²) in [5.41, 5.74) is 0.823. The maximum Gasteiger partial charge on any atom is 0.224 e. The molecule has 0 atom stereocenters. The molecule has 20 heavy (non-hydrogen) atoms. The summed E-state index contributed by atoms with van der Waals surface area (Å²) in [6, 6.07) is 0.464. The van der Waals surface area contributed by atoms with Gasteiger partial charge in [-0.2, -0.15) is 5.10 Å². The van der Waals surface area contributed by atoms with Crippen LogP contribution in [-0.2, 0) is 4.79 Å². The predicted molar refractivity (Wildman–Crippen MR) is 80.8 cm³/mol. The highest BCUT2D eigenvalue weighted by Gasteiger charge is 2.16. The molecule has 1 amide bonds. The van der Waals surface area contributed by atoms with E-state index in [4.69, 9.17) is 0 Å². The number of rotatable bonds is 7. The van der Waals surface area contributed by atoms with E-state index in [-0.39, 0.29) is 5.91 Å². The van der Waals surface area contributed by atoms with Crippen molar-refractivity contribution >= 4 is 11.6 Å². The summed E-state index contributed by atoms with van der Waals surface area (Å²) >= 11 is 0. The molecule has 0 saturated carbocycles. The summed E-state index contributed by atoms with van der Waals surface area (Å²) in [6.45, 7) is 4.27. The number of nitrogens with one attached hydrogen (secondary N) is 2. The largest absolute Gasteiger partial charge is 0.323 e. The molecule has 2 heterocycles. The summed E-state index contributed by atoms with van der Waals surface area (Å²) in [7, 11) is 0. The predicted octanol–water partition coefficient (Wildman–Crippen LogP) is 2.72. The van der Waals surface area contributed by atoms with Crippen molar-refractivity contribution < 1.29 is 4.79 Å². The van der Waals surface area contributed by atoms with Crippen molar-refractivity contribution in [2.24, 2.45) is 0 Å². The third-order valence-corrected chi connectivity index (χ3v) is 3.83. The van der Waals surface area contributed by atoms with Crippen molar-refractivity contribution in [1.82, 2.24) is 15.1 Å². The number of anilines is 1. The van der Waals surface area contributed by atoms with E-state index in [1.165, 1.54) is 12.8 Å². The zero-order valence-corrected chi connectivity index (χ0v) is 12.4. The Morgan fingerprint density at radius 2 is 2.20 bits per heavy atom. The monoisotopic (exact) mass is 278 g/mol. The van der Waals surface area contributed by atoms with Crippen LogP contribution in [0.2, 0.25) is 0 Å². The minimum atomic E-state index is 0.103. The second kappa shape index (κ2) is 8.04. The van der Waals surface area contributed by atoms with Crippen molar-refractivity contribution in [2.75, 3.05) is 18.4 Å². The van der Waals surface area contributed by atoms with Crippen LogP contribution in [0.15, 0.2) is 12.4 Å². The molecule has 1 aliphatic heterocycles. The van der Waals surface area contributed by atoms with Crippen LogP contribution < -0.4 is 10.6 Å². The molecule has 0 radical (unpaired) electrons. The highest BCUT2D eigenvalue weighted by Crippen LogP contribution is 2.19. The first kappa shape index (κ1) is 15.0. The lowest BCUT2D eigenvalue weighted by molar-refractivity contribution is -0.116. The van der Waals surface area contributed by atoms with E-state index in [1.54, 1.807) is 6.20 Å². The summed E-state index contributed by atoms with van der Waals surface area (Å²) in [5, 5.41) is 10.7. The van der Waals surface area contributed by atoms with Crippen molar-refractivity contribution in [3.63, 3.8) is 0 Å². The fourth-order valence-corrected chi connectivity index (χ4v) is 2.61.